The van der Waals surface area contributed by atoms with Crippen molar-refractivity contribution in [1.29, 1.82) is 0 Å². The Kier molecular flexibility index (Phi) is 10.7. The molecule has 0 saturated heterocycles. The van der Waals surface area contributed by atoms with Gasteiger partial charge in [-0.2, -0.15) is 52.0 Å². The molecule has 0 rings (SSSR count). The third-order valence-corrected chi connectivity index (χ3v) is 3.58. The molecule has 0 heterocycles. The quantitative estimate of drug-likeness (QED) is 0.350. The van der Waals surface area contributed by atoms with E-state index in [0.29, 0.717) is 0 Å². The van der Waals surface area contributed by atoms with Gasteiger partial charge >= 0.3 is 145 Å². The first-order valence-electron chi connectivity index (χ1n) is 3.70. The van der Waals surface area contributed by atoms with E-state index >= 15 is 0 Å². The number of hydrogen-bond acceptors (Lipinski definition) is 4. The average Bonchev–Trinajstić information content (AvgIpc) is 2.12. The zero-order valence-electron chi connectivity index (χ0n) is 8.37. The summed E-state index contributed by atoms with van der Waals surface area (Å²) in [5.41, 5.74) is 0. The van der Waals surface area contributed by atoms with Crippen LogP contribution in [0.2, 0.25) is 0 Å². The molecule has 6 nitrogen and oxygen atoms in total. The van der Waals surface area contributed by atoms with Gasteiger partial charge in [0.2, 0.25) is 0 Å². The molecule has 2 N–H and O–H groups in total. The predicted octanol–water partition coefficient (Wildman–Crippen LogP) is -0.0788. The van der Waals surface area contributed by atoms with Crippen LogP contribution in [0.15, 0.2) is 0 Å². The van der Waals surface area contributed by atoms with Gasteiger partial charge in [0.05, 0.1) is 0 Å². The van der Waals surface area contributed by atoms with Crippen molar-refractivity contribution in [3.8, 4) is 0 Å². The number of alkyl halides is 8. The molecule has 0 bridgehead atoms. The third-order valence-electron chi connectivity index (χ3n) is 1.77. The van der Waals surface area contributed by atoms with Gasteiger partial charge in [0.15, 0.2) is 0 Å². The standard InChI is InChI=1S/C4H2F8O6S2.2K.2H/c5-1(6,3(9,10)19(13,14)15)2(7,8)4(11,12)20(16,17)18;;;;/h(H,13,14,15)(H,16,17,18);;;;. The van der Waals surface area contributed by atoms with Gasteiger partial charge in [-0.1, -0.05) is 0 Å². The van der Waals surface area contributed by atoms with Crippen LogP contribution in [0.4, 0.5) is 35.1 Å². The molecule has 0 aromatic rings. The fourth-order valence-electron chi connectivity index (χ4n) is 0.690. The first kappa shape index (κ1) is 29.3. The monoisotopic (exact) mass is 442 g/mol. The van der Waals surface area contributed by atoms with E-state index in [1.807, 2.05) is 0 Å². The summed E-state index contributed by atoms with van der Waals surface area (Å²) in [5.74, 6) is -15.2. The molecule has 18 heteroatoms. The molecule has 0 fully saturated rings. The maximum atomic E-state index is 12.6. The van der Waals surface area contributed by atoms with Crippen LogP contribution in [-0.4, -0.2) is 151 Å². The van der Waals surface area contributed by atoms with Crippen LogP contribution in [0.5, 0.6) is 0 Å². The van der Waals surface area contributed by atoms with Crippen molar-refractivity contribution in [3.63, 3.8) is 0 Å². The van der Waals surface area contributed by atoms with E-state index in [4.69, 9.17) is 9.11 Å². The minimum absolute atomic E-state index is 0. The molecule has 0 radical (unpaired) electrons. The zero-order chi connectivity index (χ0) is 17.0. The van der Waals surface area contributed by atoms with Gasteiger partial charge in [0.25, 0.3) is 0 Å². The Hall–Kier alpha value is 2.53. The van der Waals surface area contributed by atoms with Crippen molar-refractivity contribution < 1.29 is 61.1 Å². The van der Waals surface area contributed by atoms with Gasteiger partial charge in [-0.05, 0) is 0 Å². The van der Waals surface area contributed by atoms with Crippen molar-refractivity contribution in [1.82, 2.24) is 0 Å². The Labute approximate surface area is 202 Å². The summed E-state index contributed by atoms with van der Waals surface area (Å²) in [6, 6.07) is 0. The Morgan fingerprint density at radius 3 is 0.773 bits per heavy atom. The molecule has 0 spiro atoms. The van der Waals surface area contributed by atoms with Crippen LogP contribution in [0.25, 0.3) is 0 Å². The summed E-state index contributed by atoms with van der Waals surface area (Å²) in [4.78, 5) is 0. The Morgan fingerprint density at radius 2 is 0.682 bits per heavy atom. The molecule has 22 heavy (non-hydrogen) atoms. The van der Waals surface area contributed by atoms with E-state index in [9.17, 15) is 52.0 Å². The predicted molar refractivity (Wildman–Crippen MR) is 57.2 cm³/mol. The summed E-state index contributed by atoms with van der Waals surface area (Å²) in [7, 11) is -14.6. The van der Waals surface area contributed by atoms with E-state index in [1.165, 1.54) is 0 Å². The van der Waals surface area contributed by atoms with Crippen molar-refractivity contribution in [2.45, 2.75) is 22.4 Å². The molecule has 0 aromatic carbocycles. The summed E-state index contributed by atoms with van der Waals surface area (Å²) in [6.07, 6.45) is 0. The fraction of sp³-hybridized carbons (Fsp3) is 1.00. The van der Waals surface area contributed by atoms with Crippen LogP contribution < -0.4 is 0 Å². The molecule has 0 aliphatic carbocycles. The Balaban J connectivity index is -0.00000180. The van der Waals surface area contributed by atoms with Crippen LogP contribution in [0, 0.1) is 0 Å². The van der Waals surface area contributed by atoms with Crippen molar-refractivity contribution in [2.24, 2.45) is 0 Å². The van der Waals surface area contributed by atoms with Crippen LogP contribution in [-0.2, 0) is 20.2 Å². The van der Waals surface area contributed by atoms with Crippen LogP contribution in [0.3, 0.4) is 0 Å². The second-order valence-electron chi connectivity index (χ2n) is 3.13. The van der Waals surface area contributed by atoms with Gasteiger partial charge in [0, 0.05) is 0 Å². The third kappa shape index (κ3) is 4.62. The zero-order valence-corrected chi connectivity index (χ0v) is 10.0. The summed E-state index contributed by atoms with van der Waals surface area (Å²) in [6.45, 7) is 0. The molecule has 0 unspecified atom stereocenters. The van der Waals surface area contributed by atoms with Crippen molar-refractivity contribution in [2.75, 3.05) is 0 Å². The van der Waals surface area contributed by atoms with Gasteiger partial charge in [-0.25, -0.2) is 0 Å². The fourth-order valence-corrected chi connectivity index (χ4v) is 1.59. The topological polar surface area (TPSA) is 109 Å². The van der Waals surface area contributed by atoms with Gasteiger partial charge in [-0.3, -0.25) is 9.11 Å². The van der Waals surface area contributed by atoms with Gasteiger partial charge in [0.1, 0.15) is 0 Å². The minimum atomic E-state index is -7.58. The SMILES string of the molecule is O=S(=O)(O)C(F)(F)C(F)(F)C(F)(F)C(F)(F)S(=O)(=O)O.[KH].[KH]. The van der Waals surface area contributed by atoms with Gasteiger partial charge in [-0.15, -0.1) is 0 Å². The summed E-state index contributed by atoms with van der Waals surface area (Å²) >= 11 is 0. The molecular weight excluding hydrogens is 438 g/mol. The molecule has 0 aliphatic heterocycles. The van der Waals surface area contributed by atoms with Crippen molar-refractivity contribution in [3.05, 3.63) is 0 Å². The van der Waals surface area contributed by atoms with Crippen LogP contribution >= 0.6 is 0 Å². The second kappa shape index (κ2) is 8.05. The van der Waals surface area contributed by atoms with E-state index in [1.54, 1.807) is 0 Å². The van der Waals surface area contributed by atoms with E-state index in [-0.39, 0.29) is 103 Å². The molecule has 126 valence electrons. The van der Waals surface area contributed by atoms with Gasteiger partial charge < -0.3 is 0 Å². The molecule has 0 aliphatic rings. The maximum absolute atomic E-state index is 12.6. The first-order valence-corrected chi connectivity index (χ1v) is 6.58. The Morgan fingerprint density at radius 1 is 0.545 bits per heavy atom. The molecular formula is C4H4F8K2O6S2. The summed E-state index contributed by atoms with van der Waals surface area (Å²) in [5, 5.41) is -14.3. The number of hydrogen-bond donors (Lipinski definition) is 2. The van der Waals surface area contributed by atoms with Crippen LogP contribution in [0.1, 0.15) is 0 Å². The Bertz CT molecular complexity index is 546. The first-order chi connectivity index (χ1) is 8.25. The number of rotatable bonds is 5. The summed E-state index contributed by atoms with van der Waals surface area (Å²) < 4.78 is 155. The molecule has 0 aromatic heterocycles. The van der Waals surface area contributed by atoms with E-state index in [2.05, 4.69) is 0 Å². The normalized spacial score (nSPS) is 14.8. The molecule has 0 amide bonds. The average molecular weight is 442 g/mol. The molecule has 0 atom stereocenters. The van der Waals surface area contributed by atoms with E-state index < -0.39 is 42.6 Å². The second-order valence-corrected chi connectivity index (χ2v) is 6.06. The number of halogens is 8. The van der Waals surface area contributed by atoms with Crippen molar-refractivity contribution >= 4 is 123 Å². The van der Waals surface area contributed by atoms with E-state index in [0.717, 1.165) is 0 Å². The molecule has 0 saturated carbocycles.